The summed E-state index contributed by atoms with van der Waals surface area (Å²) >= 11 is 5.94. The molecule has 2 heterocycles. The van der Waals surface area contributed by atoms with Crippen LogP contribution < -0.4 is 9.47 Å². The summed E-state index contributed by atoms with van der Waals surface area (Å²) in [6.07, 6.45) is 4.10. The van der Waals surface area contributed by atoms with Crippen molar-refractivity contribution < 1.29 is 18.7 Å². The molecule has 30 heavy (non-hydrogen) atoms. The van der Waals surface area contributed by atoms with Gasteiger partial charge in [0.05, 0.1) is 13.3 Å². The number of hydrogen-bond donors (Lipinski definition) is 0. The normalized spacial score (nSPS) is 15.9. The van der Waals surface area contributed by atoms with Gasteiger partial charge in [0.25, 0.3) is 5.91 Å². The van der Waals surface area contributed by atoms with Gasteiger partial charge in [-0.2, -0.15) is 0 Å². The molecule has 1 aliphatic rings. The van der Waals surface area contributed by atoms with Crippen molar-refractivity contribution in [3.8, 4) is 11.5 Å². The van der Waals surface area contributed by atoms with Gasteiger partial charge >= 0.3 is 0 Å². The molecule has 2 aromatic carbocycles. The zero-order chi connectivity index (χ0) is 20.9. The third-order valence-corrected chi connectivity index (χ3v) is 5.39. The Kier molecular flexibility index (Phi) is 6.23. The van der Waals surface area contributed by atoms with Crippen LogP contribution in [0, 0.1) is 0 Å². The lowest BCUT2D eigenvalue weighted by atomic mass is 10.1. The molecule has 1 aromatic heterocycles. The summed E-state index contributed by atoms with van der Waals surface area (Å²) in [5, 5.41) is 0.703. The molecular formula is C23H23ClN2O4. The molecule has 156 valence electrons. The standard InChI is InChI=1S/C23H23ClN2O4/c1-28-18-8-10-19(11-9-18)29-15-22(27)26-12-2-3-21(26)23-25-14-20(30-23)13-16-4-6-17(24)7-5-16/h4-11,14,21H,2-3,12-13,15H2,1H3/t21-/m1/s1. The molecular weight excluding hydrogens is 404 g/mol. The Bertz CT molecular complexity index is 985. The number of hydrogen-bond acceptors (Lipinski definition) is 5. The minimum absolute atomic E-state index is 0.0266. The van der Waals surface area contributed by atoms with Gasteiger partial charge in [-0.05, 0) is 54.8 Å². The van der Waals surface area contributed by atoms with Crippen LogP contribution in [-0.4, -0.2) is 36.1 Å². The summed E-state index contributed by atoms with van der Waals surface area (Å²) in [6, 6.07) is 14.6. The highest BCUT2D eigenvalue weighted by Crippen LogP contribution is 2.32. The summed E-state index contributed by atoms with van der Waals surface area (Å²) in [5.41, 5.74) is 1.09. The Morgan fingerprint density at radius 3 is 2.63 bits per heavy atom. The van der Waals surface area contributed by atoms with E-state index in [2.05, 4.69) is 4.98 Å². The van der Waals surface area contributed by atoms with Crippen molar-refractivity contribution in [1.29, 1.82) is 0 Å². The van der Waals surface area contributed by atoms with Crippen LogP contribution in [0.5, 0.6) is 11.5 Å². The highest BCUT2D eigenvalue weighted by molar-refractivity contribution is 6.30. The van der Waals surface area contributed by atoms with E-state index in [-0.39, 0.29) is 18.6 Å². The number of ether oxygens (including phenoxy) is 2. The van der Waals surface area contributed by atoms with Crippen molar-refractivity contribution in [2.24, 2.45) is 0 Å². The number of benzene rings is 2. The van der Waals surface area contributed by atoms with Gasteiger partial charge in [0, 0.05) is 18.0 Å². The van der Waals surface area contributed by atoms with Crippen molar-refractivity contribution in [3.05, 3.63) is 77.0 Å². The molecule has 1 atom stereocenters. The SMILES string of the molecule is COc1ccc(OCC(=O)N2CCC[C@@H]2c2ncc(Cc3ccc(Cl)cc3)o2)cc1. The highest BCUT2D eigenvalue weighted by Gasteiger charge is 2.33. The minimum atomic E-state index is -0.157. The third-order valence-electron chi connectivity index (χ3n) is 5.14. The van der Waals surface area contributed by atoms with Gasteiger partial charge in [0.1, 0.15) is 23.3 Å². The van der Waals surface area contributed by atoms with Gasteiger partial charge < -0.3 is 18.8 Å². The molecule has 0 bridgehead atoms. The lowest BCUT2D eigenvalue weighted by Gasteiger charge is -2.22. The Hall–Kier alpha value is -2.99. The van der Waals surface area contributed by atoms with Gasteiger partial charge in [-0.25, -0.2) is 4.98 Å². The van der Waals surface area contributed by atoms with E-state index in [0.29, 0.717) is 29.6 Å². The van der Waals surface area contributed by atoms with Crippen LogP contribution in [0.15, 0.2) is 59.1 Å². The number of amides is 1. The molecule has 1 saturated heterocycles. The molecule has 0 unspecified atom stereocenters. The molecule has 4 rings (SSSR count). The molecule has 0 aliphatic carbocycles. The number of likely N-dealkylation sites (tertiary alicyclic amines) is 1. The topological polar surface area (TPSA) is 64.8 Å². The summed E-state index contributed by atoms with van der Waals surface area (Å²) in [4.78, 5) is 19.0. The quantitative estimate of drug-likeness (QED) is 0.549. The third kappa shape index (κ3) is 4.76. The van der Waals surface area contributed by atoms with Crippen molar-refractivity contribution in [2.75, 3.05) is 20.3 Å². The van der Waals surface area contributed by atoms with E-state index in [1.165, 1.54) is 0 Å². The zero-order valence-corrected chi connectivity index (χ0v) is 17.5. The maximum atomic E-state index is 12.7. The fraction of sp³-hybridized carbons (Fsp3) is 0.304. The van der Waals surface area contributed by atoms with Crippen molar-refractivity contribution in [2.45, 2.75) is 25.3 Å². The molecule has 0 saturated carbocycles. The van der Waals surface area contributed by atoms with E-state index < -0.39 is 0 Å². The largest absolute Gasteiger partial charge is 0.497 e. The first-order valence-electron chi connectivity index (χ1n) is 9.88. The van der Waals surface area contributed by atoms with Gasteiger partial charge in [-0.15, -0.1) is 0 Å². The molecule has 0 radical (unpaired) electrons. The zero-order valence-electron chi connectivity index (χ0n) is 16.7. The molecule has 1 amide bonds. The predicted octanol–water partition coefficient (Wildman–Crippen LogP) is 4.67. The minimum Gasteiger partial charge on any atom is -0.497 e. The summed E-state index contributed by atoms with van der Waals surface area (Å²) < 4.78 is 16.8. The molecule has 7 heteroatoms. The number of oxazole rings is 1. The molecule has 1 fully saturated rings. The van der Waals surface area contributed by atoms with Crippen LogP contribution in [0.3, 0.4) is 0 Å². The van der Waals surface area contributed by atoms with Crippen molar-refractivity contribution in [1.82, 2.24) is 9.88 Å². The van der Waals surface area contributed by atoms with Crippen LogP contribution in [0.25, 0.3) is 0 Å². The summed E-state index contributed by atoms with van der Waals surface area (Å²) in [6.45, 7) is 0.644. The fourth-order valence-corrected chi connectivity index (χ4v) is 3.71. The van der Waals surface area contributed by atoms with E-state index in [4.69, 9.17) is 25.5 Å². The van der Waals surface area contributed by atoms with E-state index in [9.17, 15) is 4.79 Å². The van der Waals surface area contributed by atoms with Crippen molar-refractivity contribution in [3.63, 3.8) is 0 Å². The monoisotopic (exact) mass is 426 g/mol. The van der Waals surface area contributed by atoms with Crippen LogP contribution in [0.1, 0.15) is 36.1 Å². The smallest absolute Gasteiger partial charge is 0.261 e. The lowest BCUT2D eigenvalue weighted by Crippen LogP contribution is -2.34. The second-order valence-corrected chi connectivity index (χ2v) is 7.61. The lowest BCUT2D eigenvalue weighted by molar-refractivity contribution is -0.134. The summed E-state index contributed by atoms with van der Waals surface area (Å²) in [7, 11) is 1.61. The second kappa shape index (κ2) is 9.22. The number of rotatable bonds is 7. The maximum absolute atomic E-state index is 12.7. The first-order chi connectivity index (χ1) is 14.6. The first-order valence-corrected chi connectivity index (χ1v) is 10.3. The van der Waals surface area contributed by atoms with Crippen molar-refractivity contribution >= 4 is 17.5 Å². The first kappa shape index (κ1) is 20.3. The Labute approximate surface area is 180 Å². The Morgan fingerprint density at radius 2 is 1.90 bits per heavy atom. The average Bonchev–Trinajstić information content (AvgIpc) is 3.43. The molecule has 1 aliphatic heterocycles. The highest BCUT2D eigenvalue weighted by atomic mass is 35.5. The van der Waals surface area contributed by atoms with E-state index in [1.54, 1.807) is 42.5 Å². The van der Waals surface area contributed by atoms with Crippen LogP contribution >= 0.6 is 11.6 Å². The number of halogens is 1. The molecule has 0 N–H and O–H groups in total. The number of carbonyl (C=O) groups excluding carboxylic acids is 1. The predicted molar refractivity (Wildman–Crippen MR) is 113 cm³/mol. The number of carbonyl (C=O) groups is 1. The fourth-order valence-electron chi connectivity index (χ4n) is 3.58. The van der Waals surface area contributed by atoms with E-state index in [0.717, 1.165) is 29.9 Å². The Balaban J connectivity index is 1.37. The summed E-state index contributed by atoms with van der Waals surface area (Å²) in [5.74, 6) is 2.63. The van der Waals surface area contributed by atoms with E-state index in [1.807, 2.05) is 24.3 Å². The van der Waals surface area contributed by atoms with E-state index >= 15 is 0 Å². The number of aromatic nitrogens is 1. The molecule has 6 nitrogen and oxygen atoms in total. The van der Waals surface area contributed by atoms with Crippen LogP contribution in [0.4, 0.5) is 0 Å². The van der Waals surface area contributed by atoms with Gasteiger partial charge in [-0.3, -0.25) is 4.79 Å². The van der Waals surface area contributed by atoms with Gasteiger partial charge in [0.15, 0.2) is 6.61 Å². The van der Waals surface area contributed by atoms with Gasteiger partial charge in [-0.1, -0.05) is 23.7 Å². The Morgan fingerprint density at radius 1 is 1.17 bits per heavy atom. The number of methoxy groups -OCH3 is 1. The van der Waals surface area contributed by atoms with Crippen LogP contribution in [-0.2, 0) is 11.2 Å². The molecule has 0 spiro atoms. The average molecular weight is 427 g/mol. The van der Waals surface area contributed by atoms with Gasteiger partial charge in [0.2, 0.25) is 5.89 Å². The number of nitrogens with zero attached hydrogens (tertiary/aromatic N) is 2. The molecule has 3 aromatic rings. The maximum Gasteiger partial charge on any atom is 0.261 e. The second-order valence-electron chi connectivity index (χ2n) is 7.18. The van der Waals surface area contributed by atoms with Crippen LogP contribution in [0.2, 0.25) is 5.02 Å².